The first-order valence-corrected chi connectivity index (χ1v) is 8.33. The van der Waals surface area contributed by atoms with Gasteiger partial charge < -0.3 is 10.2 Å². The minimum absolute atomic E-state index is 0.0854. The number of carbonyl (C=O) groups is 1. The zero-order valence-corrected chi connectivity index (χ0v) is 13.9. The number of hydrogen-bond donors (Lipinski definition) is 1. The lowest BCUT2D eigenvalue weighted by Gasteiger charge is -2.35. The van der Waals surface area contributed by atoms with E-state index in [0.717, 1.165) is 24.9 Å². The predicted molar refractivity (Wildman–Crippen MR) is 94.6 cm³/mol. The molecule has 0 aromatic heterocycles. The third-order valence-electron chi connectivity index (χ3n) is 4.55. The Morgan fingerprint density at radius 2 is 2.00 bits per heavy atom. The predicted octanol–water partition coefficient (Wildman–Crippen LogP) is 3.45. The van der Waals surface area contributed by atoms with Crippen molar-refractivity contribution in [2.45, 2.75) is 39.3 Å². The summed E-state index contributed by atoms with van der Waals surface area (Å²) in [5.74, 6) is 0.0854. The molecule has 0 saturated carbocycles. The number of hydrogen-bond acceptors (Lipinski definition) is 2. The zero-order valence-electron chi connectivity index (χ0n) is 13.9. The summed E-state index contributed by atoms with van der Waals surface area (Å²) < 4.78 is 0. The fraction of sp³-hybridized carbons (Fsp3) is 0.350. The van der Waals surface area contributed by atoms with E-state index in [0.29, 0.717) is 6.54 Å². The van der Waals surface area contributed by atoms with Crippen molar-refractivity contribution in [3.63, 3.8) is 0 Å². The highest BCUT2D eigenvalue weighted by atomic mass is 16.2. The Hall–Kier alpha value is -2.29. The molecule has 0 bridgehead atoms. The normalized spacial score (nSPS) is 15.0. The van der Waals surface area contributed by atoms with Crippen molar-refractivity contribution in [3.05, 3.63) is 65.2 Å². The van der Waals surface area contributed by atoms with Crippen LogP contribution in [0.2, 0.25) is 0 Å². The molecule has 1 aliphatic heterocycles. The van der Waals surface area contributed by atoms with E-state index in [1.807, 2.05) is 37.3 Å². The largest absolute Gasteiger partial charge is 0.360 e. The Morgan fingerprint density at radius 1 is 1.22 bits per heavy atom. The Labute approximate surface area is 138 Å². The molecule has 2 aromatic carbocycles. The van der Waals surface area contributed by atoms with Crippen molar-refractivity contribution in [3.8, 4) is 0 Å². The number of aryl methyl sites for hydroxylation is 2. The van der Waals surface area contributed by atoms with E-state index in [-0.39, 0.29) is 11.9 Å². The van der Waals surface area contributed by atoms with E-state index in [2.05, 4.69) is 35.3 Å². The maximum absolute atomic E-state index is 12.5. The fourth-order valence-electron chi connectivity index (χ4n) is 3.23. The van der Waals surface area contributed by atoms with Gasteiger partial charge in [-0.3, -0.25) is 4.79 Å². The van der Waals surface area contributed by atoms with Crippen LogP contribution in [-0.2, 0) is 17.8 Å². The average Bonchev–Trinajstić information content (AvgIpc) is 2.59. The van der Waals surface area contributed by atoms with Gasteiger partial charge in [-0.1, -0.05) is 48.0 Å². The van der Waals surface area contributed by atoms with Gasteiger partial charge in [0.25, 0.3) is 0 Å². The topological polar surface area (TPSA) is 32.3 Å². The van der Waals surface area contributed by atoms with Crippen LogP contribution in [0.25, 0.3) is 0 Å². The molecule has 1 aliphatic rings. The lowest BCUT2D eigenvalue weighted by molar-refractivity contribution is -0.122. The van der Waals surface area contributed by atoms with Gasteiger partial charge in [-0.15, -0.1) is 0 Å². The van der Waals surface area contributed by atoms with Gasteiger partial charge in [0.15, 0.2) is 0 Å². The molecule has 120 valence electrons. The maximum atomic E-state index is 12.5. The summed E-state index contributed by atoms with van der Waals surface area (Å²) in [7, 11) is 0. The molecule has 3 heteroatoms. The SMILES string of the molecule is Cc1ccc2c(c1)CCCN2C(C)C(=O)NCc1ccccc1. The van der Waals surface area contributed by atoms with Gasteiger partial charge in [0.05, 0.1) is 0 Å². The van der Waals surface area contributed by atoms with E-state index in [9.17, 15) is 4.79 Å². The minimum atomic E-state index is -0.152. The van der Waals surface area contributed by atoms with Crippen molar-refractivity contribution in [1.29, 1.82) is 0 Å². The van der Waals surface area contributed by atoms with Gasteiger partial charge >= 0.3 is 0 Å². The Balaban J connectivity index is 1.68. The van der Waals surface area contributed by atoms with Crippen LogP contribution in [0.4, 0.5) is 5.69 Å². The highest BCUT2D eigenvalue weighted by Crippen LogP contribution is 2.29. The summed E-state index contributed by atoms with van der Waals surface area (Å²) in [4.78, 5) is 14.8. The lowest BCUT2D eigenvalue weighted by Crippen LogP contribution is -2.47. The second kappa shape index (κ2) is 6.86. The molecule has 0 spiro atoms. The first kappa shape index (κ1) is 15.6. The fourth-order valence-corrected chi connectivity index (χ4v) is 3.23. The van der Waals surface area contributed by atoms with E-state index in [4.69, 9.17) is 0 Å². The lowest BCUT2D eigenvalue weighted by atomic mass is 9.98. The second-order valence-corrected chi connectivity index (χ2v) is 6.31. The van der Waals surface area contributed by atoms with Gasteiger partial charge in [-0.25, -0.2) is 0 Å². The standard InChI is InChI=1S/C20H24N2O/c1-15-10-11-19-18(13-15)9-6-12-22(19)16(2)20(23)21-14-17-7-4-3-5-8-17/h3-5,7-8,10-11,13,16H,6,9,12,14H2,1-2H3,(H,21,23). The smallest absolute Gasteiger partial charge is 0.242 e. The van der Waals surface area contributed by atoms with Gasteiger partial charge in [-0.2, -0.15) is 0 Å². The summed E-state index contributed by atoms with van der Waals surface area (Å²) in [6.45, 7) is 5.64. The minimum Gasteiger partial charge on any atom is -0.360 e. The molecular formula is C20H24N2O. The summed E-state index contributed by atoms with van der Waals surface area (Å²) in [5.41, 5.74) is 4.98. The summed E-state index contributed by atoms with van der Waals surface area (Å²) in [5, 5.41) is 3.06. The zero-order chi connectivity index (χ0) is 16.2. The summed E-state index contributed by atoms with van der Waals surface area (Å²) in [6.07, 6.45) is 2.21. The van der Waals surface area contributed by atoms with E-state index in [1.165, 1.54) is 16.8 Å². The third-order valence-corrected chi connectivity index (χ3v) is 4.55. The quantitative estimate of drug-likeness (QED) is 0.938. The molecule has 0 saturated heterocycles. The second-order valence-electron chi connectivity index (χ2n) is 6.31. The van der Waals surface area contributed by atoms with Crippen LogP contribution in [0.5, 0.6) is 0 Å². The van der Waals surface area contributed by atoms with Crippen molar-refractivity contribution < 1.29 is 4.79 Å². The van der Waals surface area contributed by atoms with Gasteiger partial charge in [0.2, 0.25) is 5.91 Å². The van der Waals surface area contributed by atoms with Crippen LogP contribution in [0, 0.1) is 6.92 Å². The third kappa shape index (κ3) is 3.55. The maximum Gasteiger partial charge on any atom is 0.242 e. The molecule has 2 aromatic rings. The van der Waals surface area contributed by atoms with Gasteiger partial charge in [-0.05, 0) is 43.9 Å². The highest BCUT2D eigenvalue weighted by molar-refractivity contribution is 5.85. The van der Waals surface area contributed by atoms with Crippen molar-refractivity contribution in [2.75, 3.05) is 11.4 Å². The number of anilines is 1. The number of fused-ring (bicyclic) bond motifs is 1. The number of benzene rings is 2. The molecule has 0 radical (unpaired) electrons. The first-order valence-electron chi connectivity index (χ1n) is 8.33. The number of amides is 1. The van der Waals surface area contributed by atoms with Crippen LogP contribution in [0.1, 0.15) is 30.0 Å². The summed E-state index contributed by atoms with van der Waals surface area (Å²) in [6, 6.07) is 16.4. The molecule has 1 amide bonds. The van der Waals surface area contributed by atoms with E-state index < -0.39 is 0 Å². The van der Waals surface area contributed by atoms with Crippen LogP contribution in [0.3, 0.4) is 0 Å². The monoisotopic (exact) mass is 308 g/mol. The van der Waals surface area contributed by atoms with Crippen molar-refractivity contribution in [1.82, 2.24) is 5.32 Å². The van der Waals surface area contributed by atoms with E-state index >= 15 is 0 Å². The first-order chi connectivity index (χ1) is 11.1. The highest BCUT2D eigenvalue weighted by Gasteiger charge is 2.25. The Kier molecular flexibility index (Phi) is 4.65. The molecule has 0 aliphatic carbocycles. The molecule has 1 N–H and O–H groups in total. The van der Waals surface area contributed by atoms with Crippen LogP contribution in [-0.4, -0.2) is 18.5 Å². The molecule has 1 unspecified atom stereocenters. The molecule has 3 nitrogen and oxygen atoms in total. The molecule has 3 rings (SSSR count). The number of rotatable bonds is 4. The van der Waals surface area contributed by atoms with E-state index in [1.54, 1.807) is 0 Å². The average molecular weight is 308 g/mol. The molecular weight excluding hydrogens is 284 g/mol. The number of carbonyl (C=O) groups excluding carboxylic acids is 1. The Morgan fingerprint density at radius 3 is 2.78 bits per heavy atom. The Bertz CT molecular complexity index is 681. The summed E-state index contributed by atoms with van der Waals surface area (Å²) >= 11 is 0. The molecule has 1 heterocycles. The molecule has 1 atom stereocenters. The van der Waals surface area contributed by atoms with Crippen LogP contribution >= 0.6 is 0 Å². The van der Waals surface area contributed by atoms with Crippen molar-refractivity contribution >= 4 is 11.6 Å². The van der Waals surface area contributed by atoms with Crippen LogP contribution < -0.4 is 10.2 Å². The van der Waals surface area contributed by atoms with Gasteiger partial charge in [0, 0.05) is 18.8 Å². The van der Waals surface area contributed by atoms with Crippen molar-refractivity contribution in [2.24, 2.45) is 0 Å². The molecule has 23 heavy (non-hydrogen) atoms. The van der Waals surface area contributed by atoms with Gasteiger partial charge in [0.1, 0.15) is 6.04 Å². The molecule has 0 fully saturated rings. The van der Waals surface area contributed by atoms with Crippen LogP contribution in [0.15, 0.2) is 48.5 Å². The number of nitrogens with one attached hydrogen (secondary N) is 1. The number of nitrogens with zero attached hydrogens (tertiary/aromatic N) is 1.